The Hall–Kier alpha value is -1.86. The lowest BCUT2D eigenvalue weighted by Crippen LogP contribution is -2.53. The van der Waals surface area contributed by atoms with Crippen LogP contribution in [0.2, 0.25) is 0 Å². The summed E-state index contributed by atoms with van der Waals surface area (Å²) in [5.41, 5.74) is 1.93. The molecule has 1 amide bonds. The Kier molecular flexibility index (Phi) is 4.05. The molecule has 0 radical (unpaired) electrons. The highest BCUT2D eigenvalue weighted by Gasteiger charge is 2.64. The Morgan fingerprint density at radius 3 is 2.89 bits per heavy atom. The van der Waals surface area contributed by atoms with E-state index in [9.17, 15) is 10.1 Å². The van der Waals surface area contributed by atoms with Crippen LogP contribution in [0.3, 0.4) is 0 Å². The van der Waals surface area contributed by atoms with Gasteiger partial charge in [0.25, 0.3) is 0 Å². The third kappa shape index (κ3) is 2.55. The predicted octanol–water partition coefficient (Wildman–Crippen LogP) is 3.38. The van der Waals surface area contributed by atoms with Crippen LogP contribution in [0.25, 0.3) is 0 Å². The minimum absolute atomic E-state index is 0.118. The monoisotopic (exact) mass is 363 g/mol. The Morgan fingerprint density at radius 2 is 2.07 bits per heavy atom. The van der Waals surface area contributed by atoms with E-state index >= 15 is 0 Å². The molecule has 5 atom stereocenters. The third-order valence-electron chi connectivity index (χ3n) is 8.21. The topological polar surface area (TPSA) is 56.1 Å². The first-order valence-electron chi connectivity index (χ1n) is 10.7. The van der Waals surface area contributed by atoms with Gasteiger partial charge in [0.15, 0.2) is 0 Å². The molecule has 4 bridgehead atoms. The second-order valence-corrected chi connectivity index (χ2v) is 9.31. The molecule has 5 aliphatic rings. The van der Waals surface area contributed by atoms with Crippen LogP contribution in [0, 0.1) is 23.2 Å². The highest BCUT2D eigenvalue weighted by molar-refractivity contribution is 5.79. The van der Waals surface area contributed by atoms with Crippen LogP contribution in [0.15, 0.2) is 30.3 Å². The maximum atomic E-state index is 12.8. The number of hydrogen-bond donors (Lipinski definition) is 1. The Balaban J connectivity index is 1.36. The summed E-state index contributed by atoms with van der Waals surface area (Å²) in [4.78, 5) is 14.6. The van der Waals surface area contributed by atoms with Gasteiger partial charge in [-0.3, -0.25) is 4.79 Å². The summed E-state index contributed by atoms with van der Waals surface area (Å²) in [5, 5.41) is 13.1. The number of fused-ring (bicyclic) bond motifs is 2. The van der Waals surface area contributed by atoms with Gasteiger partial charge in [0.2, 0.25) is 5.91 Å². The van der Waals surface area contributed by atoms with E-state index in [1.807, 2.05) is 0 Å². The molecule has 4 unspecified atom stereocenters. The zero-order chi connectivity index (χ0) is 18.5. The third-order valence-corrected chi connectivity index (χ3v) is 8.21. The van der Waals surface area contributed by atoms with Gasteiger partial charge in [-0.1, -0.05) is 36.8 Å². The first kappa shape index (κ1) is 17.3. The Morgan fingerprint density at radius 1 is 1.22 bits per heavy atom. The molecule has 4 aliphatic carbocycles. The number of carbonyl (C=O) groups is 1. The zero-order valence-corrected chi connectivity index (χ0v) is 16.0. The molecule has 0 aromatic heterocycles. The second-order valence-electron chi connectivity index (χ2n) is 9.31. The van der Waals surface area contributed by atoms with Crippen molar-refractivity contribution in [1.29, 1.82) is 5.26 Å². The smallest absolute Gasteiger partial charge is 0.237 e. The zero-order valence-electron chi connectivity index (χ0n) is 16.0. The van der Waals surface area contributed by atoms with Crippen molar-refractivity contribution in [2.45, 2.75) is 68.4 Å². The normalized spacial score (nSPS) is 39.5. The molecule has 142 valence electrons. The fourth-order valence-corrected chi connectivity index (χ4v) is 7.04. The van der Waals surface area contributed by atoms with Crippen LogP contribution in [-0.2, 0) is 10.2 Å². The van der Waals surface area contributed by atoms with Crippen molar-refractivity contribution < 1.29 is 4.79 Å². The molecule has 0 spiro atoms. The average Bonchev–Trinajstić information content (AvgIpc) is 3.33. The van der Waals surface area contributed by atoms with Crippen molar-refractivity contribution in [3.63, 3.8) is 0 Å². The molecule has 4 heteroatoms. The van der Waals surface area contributed by atoms with Gasteiger partial charge < -0.3 is 10.2 Å². The van der Waals surface area contributed by atoms with Crippen molar-refractivity contribution in [1.82, 2.24) is 10.2 Å². The Labute approximate surface area is 161 Å². The van der Waals surface area contributed by atoms with Crippen LogP contribution in [0.5, 0.6) is 0 Å². The number of rotatable bonds is 4. The van der Waals surface area contributed by atoms with Gasteiger partial charge in [0.05, 0.1) is 12.6 Å². The summed E-state index contributed by atoms with van der Waals surface area (Å²) in [5.74, 6) is 1.57. The number of nitriles is 1. The van der Waals surface area contributed by atoms with E-state index in [4.69, 9.17) is 0 Å². The largest absolute Gasteiger partial charge is 0.326 e. The number of hydrogen-bond acceptors (Lipinski definition) is 3. The summed E-state index contributed by atoms with van der Waals surface area (Å²) in [6, 6.07) is 13.2. The van der Waals surface area contributed by atoms with E-state index in [1.54, 1.807) is 4.90 Å². The van der Waals surface area contributed by atoms with E-state index < -0.39 is 0 Å². The highest BCUT2D eigenvalue weighted by Crippen LogP contribution is 2.66. The summed E-state index contributed by atoms with van der Waals surface area (Å²) in [7, 11) is 0. The van der Waals surface area contributed by atoms with Gasteiger partial charge in [-0.2, -0.15) is 5.26 Å². The van der Waals surface area contributed by atoms with Gasteiger partial charge in [-0.25, -0.2) is 0 Å². The molecule has 1 heterocycles. The standard InChI is InChI=1S/C23H29N3O/c24-14-20-9-5-11-26(20)21(27)15-25-23-13-19-12-18(23)8-4-10-22(19,16-23)17-6-2-1-3-7-17/h1-3,6-7,18-20,25H,4-5,8-13,15-16H2/t18?,19?,20-,22?,23?/m0/s1. The van der Waals surface area contributed by atoms with Crippen LogP contribution in [0.1, 0.15) is 56.9 Å². The average molecular weight is 364 g/mol. The van der Waals surface area contributed by atoms with Gasteiger partial charge in [0.1, 0.15) is 6.04 Å². The van der Waals surface area contributed by atoms with Crippen LogP contribution in [0.4, 0.5) is 0 Å². The molecule has 1 aliphatic heterocycles. The molecule has 1 aromatic rings. The number of nitrogens with one attached hydrogen (secondary N) is 1. The maximum absolute atomic E-state index is 12.8. The van der Waals surface area contributed by atoms with E-state index in [-0.39, 0.29) is 17.5 Å². The number of carbonyl (C=O) groups excluding carboxylic acids is 1. The lowest BCUT2D eigenvalue weighted by molar-refractivity contribution is -0.130. The van der Waals surface area contributed by atoms with E-state index in [0.717, 1.165) is 25.3 Å². The fraction of sp³-hybridized carbons (Fsp3) is 0.652. The SMILES string of the molecule is N#C[C@@H]1CCCN1C(=O)CNC12CC3CC1CCCC3(c1ccccc1)C2. The van der Waals surface area contributed by atoms with Gasteiger partial charge in [-0.15, -0.1) is 0 Å². The van der Waals surface area contributed by atoms with Crippen molar-refractivity contribution >= 4 is 5.91 Å². The molecule has 1 aromatic carbocycles. The molecule has 6 rings (SSSR count). The number of nitrogens with zero attached hydrogens (tertiary/aromatic N) is 2. The highest BCUT2D eigenvalue weighted by atomic mass is 16.2. The van der Waals surface area contributed by atoms with Gasteiger partial charge in [-0.05, 0) is 67.8 Å². The minimum atomic E-state index is -0.216. The van der Waals surface area contributed by atoms with Crippen LogP contribution in [-0.4, -0.2) is 35.5 Å². The molecular formula is C23H29N3O. The van der Waals surface area contributed by atoms with E-state index in [0.29, 0.717) is 17.9 Å². The molecule has 5 fully saturated rings. The minimum Gasteiger partial charge on any atom is -0.326 e. The van der Waals surface area contributed by atoms with Crippen LogP contribution >= 0.6 is 0 Å². The Bertz CT molecular complexity index is 772. The fourth-order valence-electron chi connectivity index (χ4n) is 7.04. The molecule has 4 saturated carbocycles. The molecule has 4 nitrogen and oxygen atoms in total. The van der Waals surface area contributed by atoms with Gasteiger partial charge in [0, 0.05) is 12.1 Å². The summed E-state index contributed by atoms with van der Waals surface area (Å²) in [6.45, 7) is 1.14. The second kappa shape index (κ2) is 6.34. The number of likely N-dealkylation sites (tertiary alicyclic amines) is 1. The van der Waals surface area contributed by atoms with Crippen molar-refractivity contribution in [3.8, 4) is 6.07 Å². The van der Waals surface area contributed by atoms with E-state index in [1.165, 1.54) is 44.1 Å². The number of amides is 1. The van der Waals surface area contributed by atoms with E-state index in [2.05, 4.69) is 41.7 Å². The first-order valence-corrected chi connectivity index (χ1v) is 10.7. The molecular weight excluding hydrogens is 334 g/mol. The first-order chi connectivity index (χ1) is 13.2. The summed E-state index contributed by atoms with van der Waals surface area (Å²) in [6.07, 6.45) is 9.35. The van der Waals surface area contributed by atoms with Gasteiger partial charge >= 0.3 is 0 Å². The summed E-state index contributed by atoms with van der Waals surface area (Å²) < 4.78 is 0. The molecule has 27 heavy (non-hydrogen) atoms. The van der Waals surface area contributed by atoms with Crippen molar-refractivity contribution in [2.75, 3.05) is 13.1 Å². The van der Waals surface area contributed by atoms with Crippen molar-refractivity contribution in [3.05, 3.63) is 35.9 Å². The van der Waals surface area contributed by atoms with Crippen LogP contribution < -0.4 is 5.32 Å². The van der Waals surface area contributed by atoms with Crippen molar-refractivity contribution in [2.24, 2.45) is 11.8 Å². The lowest BCUT2D eigenvalue weighted by Gasteiger charge is -2.42. The molecule has 1 saturated heterocycles. The molecule has 1 N–H and O–H groups in total. The maximum Gasteiger partial charge on any atom is 0.237 e. The predicted molar refractivity (Wildman–Crippen MR) is 104 cm³/mol. The summed E-state index contributed by atoms with van der Waals surface area (Å²) >= 11 is 0. The quantitative estimate of drug-likeness (QED) is 0.892. The lowest BCUT2D eigenvalue weighted by atomic mass is 9.65. The number of benzene rings is 1.